The van der Waals surface area contributed by atoms with Crippen LogP contribution < -0.4 is 5.32 Å². The van der Waals surface area contributed by atoms with Crippen molar-refractivity contribution in [3.05, 3.63) is 28.2 Å². The zero-order chi connectivity index (χ0) is 14.8. The van der Waals surface area contributed by atoms with E-state index in [2.05, 4.69) is 10.5 Å². The standard InChI is InChI=1S/C14H16ClN3O2S.ClH/c1-16-7-9-4-5-18(8-9)14(19)10-6-11(20-17-10)12-2-3-13(15)21-12;/h2-3,6,9,16H,4-5,7-8H2,1H3;1H. The second kappa shape index (κ2) is 7.46. The minimum atomic E-state index is -0.0637. The first-order chi connectivity index (χ1) is 10.2. The first-order valence-corrected chi connectivity index (χ1v) is 8.03. The molecule has 0 radical (unpaired) electrons. The van der Waals surface area contributed by atoms with Gasteiger partial charge < -0.3 is 14.7 Å². The van der Waals surface area contributed by atoms with E-state index in [-0.39, 0.29) is 18.3 Å². The summed E-state index contributed by atoms with van der Waals surface area (Å²) in [5.41, 5.74) is 0.361. The zero-order valence-corrected chi connectivity index (χ0v) is 14.4. The van der Waals surface area contributed by atoms with Crippen LogP contribution in [0.25, 0.3) is 10.6 Å². The summed E-state index contributed by atoms with van der Waals surface area (Å²) in [6.45, 7) is 2.48. The van der Waals surface area contributed by atoms with Crippen LogP contribution in [0.15, 0.2) is 22.7 Å². The maximum atomic E-state index is 12.4. The van der Waals surface area contributed by atoms with E-state index in [1.165, 1.54) is 11.3 Å². The molecule has 2 aromatic rings. The first kappa shape index (κ1) is 17.3. The van der Waals surface area contributed by atoms with E-state index in [0.717, 1.165) is 30.9 Å². The number of amides is 1. The molecule has 1 saturated heterocycles. The number of thiophene rings is 1. The molecule has 0 aliphatic carbocycles. The zero-order valence-electron chi connectivity index (χ0n) is 12.0. The van der Waals surface area contributed by atoms with E-state index < -0.39 is 0 Å². The summed E-state index contributed by atoms with van der Waals surface area (Å²) < 4.78 is 5.95. The van der Waals surface area contributed by atoms with Gasteiger partial charge in [-0.1, -0.05) is 16.8 Å². The molecule has 1 unspecified atom stereocenters. The smallest absolute Gasteiger partial charge is 0.276 e. The minimum absolute atomic E-state index is 0. The number of hydrogen-bond donors (Lipinski definition) is 1. The fraction of sp³-hybridized carbons (Fsp3) is 0.429. The van der Waals surface area contributed by atoms with E-state index in [0.29, 0.717) is 21.7 Å². The Labute approximate surface area is 144 Å². The highest BCUT2D eigenvalue weighted by Crippen LogP contribution is 2.31. The molecule has 3 rings (SSSR count). The Kier molecular flexibility index (Phi) is 5.86. The second-order valence-electron chi connectivity index (χ2n) is 5.14. The Morgan fingerprint density at radius 1 is 1.59 bits per heavy atom. The molecule has 5 nitrogen and oxygen atoms in total. The lowest BCUT2D eigenvalue weighted by Gasteiger charge is -2.14. The Hall–Kier alpha value is -1.08. The van der Waals surface area contributed by atoms with Gasteiger partial charge in [0, 0.05) is 19.2 Å². The van der Waals surface area contributed by atoms with Gasteiger partial charge in [0.2, 0.25) is 0 Å². The molecular formula is C14H17Cl2N3O2S. The summed E-state index contributed by atoms with van der Waals surface area (Å²) in [6.07, 6.45) is 1.03. The Balaban J connectivity index is 0.00000176. The molecule has 120 valence electrons. The van der Waals surface area contributed by atoms with Crippen LogP contribution in [0.4, 0.5) is 0 Å². The number of carbonyl (C=O) groups is 1. The molecule has 0 bridgehead atoms. The molecule has 0 aromatic carbocycles. The third-order valence-corrected chi connectivity index (χ3v) is 4.86. The molecule has 1 N–H and O–H groups in total. The van der Waals surface area contributed by atoms with Crippen LogP contribution >= 0.6 is 35.3 Å². The summed E-state index contributed by atoms with van der Waals surface area (Å²) in [5.74, 6) is 1.04. The number of carbonyl (C=O) groups excluding carboxylic acids is 1. The Morgan fingerprint density at radius 3 is 3.09 bits per heavy atom. The largest absolute Gasteiger partial charge is 0.355 e. The number of aromatic nitrogens is 1. The number of nitrogens with zero attached hydrogens (tertiary/aromatic N) is 2. The molecule has 22 heavy (non-hydrogen) atoms. The van der Waals surface area contributed by atoms with Gasteiger partial charge in [0.1, 0.15) is 0 Å². The van der Waals surface area contributed by atoms with Gasteiger partial charge in [-0.25, -0.2) is 0 Å². The van der Waals surface area contributed by atoms with Crippen LogP contribution in [0.2, 0.25) is 4.34 Å². The van der Waals surface area contributed by atoms with E-state index in [4.69, 9.17) is 16.1 Å². The van der Waals surface area contributed by atoms with Crippen LogP contribution in [-0.2, 0) is 0 Å². The topological polar surface area (TPSA) is 58.4 Å². The fourth-order valence-electron chi connectivity index (χ4n) is 2.57. The van der Waals surface area contributed by atoms with Crippen molar-refractivity contribution < 1.29 is 9.32 Å². The predicted octanol–water partition coefficient (Wildman–Crippen LogP) is 3.16. The van der Waals surface area contributed by atoms with Crippen molar-refractivity contribution in [3.63, 3.8) is 0 Å². The highest BCUT2D eigenvalue weighted by Gasteiger charge is 2.28. The highest BCUT2D eigenvalue weighted by atomic mass is 35.5. The van der Waals surface area contributed by atoms with Gasteiger partial charge in [-0.15, -0.1) is 23.7 Å². The molecule has 1 aliphatic rings. The van der Waals surface area contributed by atoms with Crippen molar-refractivity contribution in [2.75, 3.05) is 26.7 Å². The summed E-state index contributed by atoms with van der Waals surface area (Å²) in [4.78, 5) is 15.1. The van der Waals surface area contributed by atoms with Gasteiger partial charge >= 0.3 is 0 Å². The van der Waals surface area contributed by atoms with Gasteiger partial charge in [0.05, 0.1) is 9.21 Å². The van der Waals surface area contributed by atoms with E-state index in [1.54, 1.807) is 12.1 Å². The lowest BCUT2D eigenvalue weighted by molar-refractivity contribution is 0.0777. The fourth-order valence-corrected chi connectivity index (χ4v) is 3.56. The molecule has 1 atom stereocenters. The maximum Gasteiger partial charge on any atom is 0.276 e. The normalized spacial score (nSPS) is 17.5. The third kappa shape index (κ3) is 3.63. The first-order valence-electron chi connectivity index (χ1n) is 6.83. The van der Waals surface area contributed by atoms with Crippen molar-refractivity contribution in [2.24, 2.45) is 5.92 Å². The number of hydrogen-bond acceptors (Lipinski definition) is 5. The van der Waals surface area contributed by atoms with E-state index in [9.17, 15) is 4.79 Å². The van der Waals surface area contributed by atoms with Crippen LogP contribution in [0.5, 0.6) is 0 Å². The molecule has 1 aliphatic heterocycles. The molecule has 2 aromatic heterocycles. The molecular weight excluding hydrogens is 345 g/mol. The van der Waals surface area contributed by atoms with Crippen molar-refractivity contribution in [3.8, 4) is 10.6 Å². The van der Waals surface area contributed by atoms with Crippen LogP contribution in [0, 0.1) is 5.92 Å². The number of rotatable bonds is 4. The van der Waals surface area contributed by atoms with Gasteiger partial charge in [-0.2, -0.15) is 0 Å². The van der Waals surface area contributed by atoms with Crippen LogP contribution in [-0.4, -0.2) is 42.6 Å². The molecule has 1 amide bonds. The van der Waals surface area contributed by atoms with Gasteiger partial charge in [0.15, 0.2) is 11.5 Å². The molecule has 0 spiro atoms. The average molecular weight is 362 g/mol. The Morgan fingerprint density at radius 2 is 2.41 bits per heavy atom. The average Bonchev–Trinajstić information content (AvgIpc) is 3.17. The molecule has 3 heterocycles. The monoisotopic (exact) mass is 361 g/mol. The molecule has 8 heteroatoms. The molecule has 0 saturated carbocycles. The Bertz CT molecular complexity index is 644. The predicted molar refractivity (Wildman–Crippen MR) is 90.0 cm³/mol. The van der Waals surface area contributed by atoms with E-state index >= 15 is 0 Å². The maximum absolute atomic E-state index is 12.4. The third-order valence-electron chi connectivity index (χ3n) is 3.61. The second-order valence-corrected chi connectivity index (χ2v) is 6.86. The SMILES string of the molecule is CNCC1CCN(C(=O)c2cc(-c3ccc(Cl)s3)on2)C1.Cl. The minimum Gasteiger partial charge on any atom is -0.355 e. The summed E-state index contributed by atoms with van der Waals surface area (Å²) in [5, 5.41) is 7.05. The van der Waals surface area contributed by atoms with Crippen molar-refractivity contribution in [1.29, 1.82) is 0 Å². The quantitative estimate of drug-likeness (QED) is 0.908. The van der Waals surface area contributed by atoms with Crippen LogP contribution in [0.1, 0.15) is 16.9 Å². The summed E-state index contributed by atoms with van der Waals surface area (Å²) in [6, 6.07) is 5.35. The number of nitrogens with one attached hydrogen (secondary N) is 1. The molecule has 1 fully saturated rings. The van der Waals surface area contributed by atoms with Crippen molar-refractivity contribution in [1.82, 2.24) is 15.4 Å². The summed E-state index contributed by atoms with van der Waals surface area (Å²) in [7, 11) is 1.93. The van der Waals surface area contributed by atoms with Crippen molar-refractivity contribution in [2.45, 2.75) is 6.42 Å². The number of likely N-dealkylation sites (tertiary alicyclic amines) is 1. The van der Waals surface area contributed by atoms with Gasteiger partial charge in [-0.05, 0) is 38.1 Å². The van der Waals surface area contributed by atoms with Crippen LogP contribution in [0.3, 0.4) is 0 Å². The van der Waals surface area contributed by atoms with Crippen molar-refractivity contribution >= 4 is 41.3 Å². The van der Waals surface area contributed by atoms with Gasteiger partial charge in [-0.3, -0.25) is 4.79 Å². The lowest BCUT2D eigenvalue weighted by Crippen LogP contribution is -2.30. The highest BCUT2D eigenvalue weighted by molar-refractivity contribution is 7.19. The number of halogens is 2. The lowest BCUT2D eigenvalue weighted by atomic mass is 10.1. The summed E-state index contributed by atoms with van der Waals surface area (Å²) >= 11 is 7.31. The van der Waals surface area contributed by atoms with Gasteiger partial charge in [0.25, 0.3) is 5.91 Å². The van der Waals surface area contributed by atoms with E-state index in [1.807, 2.05) is 18.0 Å².